The largest absolute Gasteiger partial charge is 0.355 e. The third kappa shape index (κ3) is 2.68. The highest BCUT2D eigenvalue weighted by atomic mass is 32.1. The zero-order valence-corrected chi connectivity index (χ0v) is 12.4. The van der Waals surface area contributed by atoms with Gasteiger partial charge in [-0.1, -0.05) is 11.2 Å². The van der Waals surface area contributed by atoms with Crippen LogP contribution in [-0.2, 0) is 6.54 Å². The highest BCUT2D eigenvalue weighted by molar-refractivity contribution is 7.13. The van der Waals surface area contributed by atoms with Gasteiger partial charge in [0.25, 0.3) is 11.2 Å². The molecule has 22 heavy (non-hydrogen) atoms. The zero-order valence-electron chi connectivity index (χ0n) is 11.6. The van der Waals surface area contributed by atoms with Crippen molar-refractivity contribution in [2.24, 2.45) is 0 Å². The summed E-state index contributed by atoms with van der Waals surface area (Å²) in [5.41, 5.74) is 0.458. The lowest BCUT2D eigenvalue weighted by Gasteiger charge is -2.04. The van der Waals surface area contributed by atoms with E-state index in [1.165, 1.54) is 35.1 Å². The maximum atomic E-state index is 11.9. The molecule has 0 bridgehead atoms. The van der Waals surface area contributed by atoms with Crippen molar-refractivity contribution in [3.63, 3.8) is 0 Å². The molecule has 0 unspecified atom stereocenters. The van der Waals surface area contributed by atoms with Gasteiger partial charge in [-0.25, -0.2) is 0 Å². The molecule has 0 saturated carbocycles. The fourth-order valence-electron chi connectivity index (χ4n) is 2.07. The van der Waals surface area contributed by atoms with E-state index in [0.29, 0.717) is 17.0 Å². The van der Waals surface area contributed by atoms with E-state index in [0.717, 1.165) is 4.88 Å². The van der Waals surface area contributed by atoms with E-state index in [4.69, 9.17) is 4.52 Å². The molecule has 3 rings (SSSR count). The maximum absolute atomic E-state index is 11.9. The van der Waals surface area contributed by atoms with E-state index >= 15 is 0 Å². The Bertz CT molecular complexity index is 880. The van der Waals surface area contributed by atoms with Crippen LogP contribution in [0.2, 0.25) is 0 Å². The van der Waals surface area contributed by atoms with Crippen molar-refractivity contribution in [1.82, 2.24) is 9.72 Å². The standard InChI is InChI=1S/C14H11N3O4S/c1-9-5-14(18)16(8-11(9)17(19)20)7-10-6-12(21-15-10)13-3-2-4-22-13/h2-6,8H,7H2,1H3. The third-order valence-corrected chi connectivity index (χ3v) is 4.04. The minimum atomic E-state index is -0.509. The van der Waals surface area contributed by atoms with Gasteiger partial charge in [0, 0.05) is 17.7 Å². The summed E-state index contributed by atoms with van der Waals surface area (Å²) < 4.78 is 6.48. The second-order valence-electron chi connectivity index (χ2n) is 4.72. The van der Waals surface area contributed by atoms with Crippen molar-refractivity contribution in [2.45, 2.75) is 13.5 Å². The second kappa shape index (κ2) is 5.57. The first kappa shape index (κ1) is 14.2. The molecule has 0 aliphatic carbocycles. The predicted octanol–water partition coefficient (Wildman–Crippen LogP) is 2.83. The first-order valence-corrected chi connectivity index (χ1v) is 7.27. The average Bonchev–Trinajstić information content (AvgIpc) is 3.12. The van der Waals surface area contributed by atoms with Crippen LogP contribution in [0.1, 0.15) is 11.3 Å². The van der Waals surface area contributed by atoms with Crippen LogP contribution in [0.4, 0.5) is 5.69 Å². The first-order valence-electron chi connectivity index (χ1n) is 6.39. The Morgan fingerprint density at radius 3 is 2.95 bits per heavy atom. The van der Waals surface area contributed by atoms with Gasteiger partial charge in [-0.05, 0) is 18.4 Å². The SMILES string of the molecule is Cc1cc(=O)n(Cc2cc(-c3cccs3)on2)cc1[N+](=O)[O-]. The smallest absolute Gasteiger partial charge is 0.288 e. The van der Waals surface area contributed by atoms with Crippen LogP contribution in [0.3, 0.4) is 0 Å². The summed E-state index contributed by atoms with van der Waals surface area (Å²) in [6.07, 6.45) is 1.23. The number of nitro groups is 1. The molecule has 0 saturated heterocycles. The Kier molecular flexibility index (Phi) is 3.60. The van der Waals surface area contributed by atoms with E-state index in [1.54, 1.807) is 6.07 Å². The Balaban J connectivity index is 1.92. The Morgan fingerprint density at radius 1 is 1.45 bits per heavy atom. The summed E-state index contributed by atoms with van der Waals surface area (Å²) in [4.78, 5) is 23.3. The number of hydrogen-bond acceptors (Lipinski definition) is 6. The number of aromatic nitrogens is 2. The van der Waals surface area contributed by atoms with Crippen molar-refractivity contribution in [3.05, 3.63) is 67.6 Å². The van der Waals surface area contributed by atoms with Crippen LogP contribution in [0, 0.1) is 17.0 Å². The monoisotopic (exact) mass is 317 g/mol. The van der Waals surface area contributed by atoms with Gasteiger partial charge in [-0.3, -0.25) is 14.9 Å². The summed E-state index contributed by atoms with van der Waals surface area (Å²) in [7, 11) is 0. The molecule has 3 aromatic heterocycles. The topological polar surface area (TPSA) is 91.2 Å². The summed E-state index contributed by atoms with van der Waals surface area (Å²) in [6, 6.07) is 6.77. The van der Waals surface area contributed by atoms with Gasteiger partial charge < -0.3 is 9.09 Å². The lowest BCUT2D eigenvalue weighted by Crippen LogP contribution is -2.20. The summed E-state index contributed by atoms with van der Waals surface area (Å²) in [5, 5.41) is 16.8. The fourth-order valence-corrected chi connectivity index (χ4v) is 2.74. The van der Waals surface area contributed by atoms with E-state index < -0.39 is 4.92 Å². The molecule has 7 nitrogen and oxygen atoms in total. The Labute approximate surface area is 128 Å². The quantitative estimate of drug-likeness (QED) is 0.545. The molecule has 0 radical (unpaired) electrons. The Hall–Kier alpha value is -2.74. The number of aryl methyl sites for hydroxylation is 1. The van der Waals surface area contributed by atoms with E-state index in [2.05, 4.69) is 5.16 Å². The lowest BCUT2D eigenvalue weighted by molar-refractivity contribution is -0.385. The van der Waals surface area contributed by atoms with Crippen molar-refractivity contribution in [2.75, 3.05) is 0 Å². The summed E-state index contributed by atoms with van der Waals surface area (Å²) in [6.45, 7) is 1.66. The van der Waals surface area contributed by atoms with Crippen LogP contribution in [0.15, 0.2) is 45.2 Å². The molecule has 0 atom stereocenters. The minimum Gasteiger partial charge on any atom is -0.355 e. The third-order valence-electron chi connectivity index (χ3n) is 3.16. The molecule has 0 amide bonds. The number of pyridine rings is 1. The minimum absolute atomic E-state index is 0.0958. The van der Waals surface area contributed by atoms with Crippen LogP contribution in [0.5, 0.6) is 0 Å². The van der Waals surface area contributed by atoms with Crippen LogP contribution in [-0.4, -0.2) is 14.6 Å². The molecule has 0 aromatic carbocycles. The van der Waals surface area contributed by atoms with Gasteiger partial charge in [-0.15, -0.1) is 11.3 Å². The Morgan fingerprint density at radius 2 is 2.27 bits per heavy atom. The zero-order chi connectivity index (χ0) is 15.7. The van der Waals surface area contributed by atoms with Gasteiger partial charge in [0.2, 0.25) is 0 Å². The molecular formula is C14H11N3O4S. The normalized spacial score (nSPS) is 10.8. The first-order chi connectivity index (χ1) is 10.5. The number of hydrogen-bond donors (Lipinski definition) is 0. The molecule has 0 fully saturated rings. The predicted molar refractivity (Wildman–Crippen MR) is 81.0 cm³/mol. The van der Waals surface area contributed by atoms with Crippen LogP contribution in [0.25, 0.3) is 10.6 Å². The van der Waals surface area contributed by atoms with Gasteiger partial charge in [0.15, 0.2) is 5.76 Å². The number of thiophene rings is 1. The van der Waals surface area contributed by atoms with Crippen molar-refractivity contribution >= 4 is 17.0 Å². The maximum Gasteiger partial charge on any atom is 0.288 e. The van der Waals surface area contributed by atoms with E-state index in [9.17, 15) is 14.9 Å². The molecule has 0 spiro atoms. The van der Waals surface area contributed by atoms with Crippen molar-refractivity contribution in [3.8, 4) is 10.6 Å². The molecule has 3 heterocycles. The molecule has 112 valence electrons. The molecule has 8 heteroatoms. The van der Waals surface area contributed by atoms with Gasteiger partial charge in [0.1, 0.15) is 5.69 Å². The highest BCUT2D eigenvalue weighted by Crippen LogP contribution is 2.25. The molecule has 3 aromatic rings. The van der Waals surface area contributed by atoms with Crippen molar-refractivity contribution < 1.29 is 9.45 Å². The van der Waals surface area contributed by atoms with Crippen molar-refractivity contribution in [1.29, 1.82) is 0 Å². The van der Waals surface area contributed by atoms with E-state index in [1.807, 2.05) is 17.5 Å². The van der Waals surface area contributed by atoms with Crippen LogP contribution < -0.4 is 5.56 Å². The van der Waals surface area contributed by atoms with Gasteiger partial charge in [0.05, 0.1) is 22.5 Å². The highest BCUT2D eigenvalue weighted by Gasteiger charge is 2.15. The number of rotatable bonds is 4. The molecular weight excluding hydrogens is 306 g/mol. The second-order valence-corrected chi connectivity index (χ2v) is 5.67. The van der Waals surface area contributed by atoms with Gasteiger partial charge in [-0.2, -0.15) is 0 Å². The average molecular weight is 317 g/mol. The van der Waals surface area contributed by atoms with E-state index in [-0.39, 0.29) is 17.8 Å². The lowest BCUT2D eigenvalue weighted by atomic mass is 10.2. The fraction of sp³-hybridized carbons (Fsp3) is 0.143. The molecule has 0 N–H and O–H groups in total. The molecule has 0 aliphatic rings. The number of nitrogens with zero attached hydrogens (tertiary/aromatic N) is 3. The van der Waals surface area contributed by atoms with Gasteiger partial charge >= 0.3 is 0 Å². The molecule has 0 aliphatic heterocycles. The van der Waals surface area contributed by atoms with Crippen LogP contribution >= 0.6 is 11.3 Å². The summed E-state index contributed by atoms with van der Waals surface area (Å²) in [5.74, 6) is 0.611. The summed E-state index contributed by atoms with van der Waals surface area (Å²) >= 11 is 1.52.